The second-order valence-corrected chi connectivity index (χ2v) is 3.12. The van der Waals surface area contributed by atoms with E-state index < -0.39 is 18.1 Å². The summed E-state index contributed by atoms with van der Waals surface area (Å²) >= 11 is 0. The van der Waals surface area contributed by atoms with E-state index in [9.17, 15) is 18.0 Å². The number of carboxylic acid groups (broad SMARTS) is 1. The molecule has 1 heterocycles. The number of carbonyl (C=O) groups is 1. The van der Waals surface area contributed by atoms with Crippen molar-refractivity contribution in [2.75, 3.05) is 0 Å². The molecule has 0 aliphatic carbocycles. The first-order valence-corrected chi connectivity index (χ1v) is 4.34. The lowest BCUT2D eigenvalue weighted by atomic mass is 10.3. The molecule has 5 nitrogen and oxygen atoms in total. The molecule has 2 rings (SSSR count). The second kappa shape index (κ2) is 3.65. The summed E-state index contributed by atoms with van der Waals surface area (Å²) in [6, 6.07) is 3.33. The number of aromatic carboxylic acids is 1. The van der Waals surface area contributed by atoms with E-state index in [1.165, 1.54) is 6.07 Å². The summed E-state index contributed by atoms with van der Waals surface area (Å²) in [4.78, 5) is 16.6. The molecule has 0 atom stereocenters. The molecule has 8 heteroatoms. The lowest BCUT2D eigenvalue weighted by Crippen LogP contribution is -2.16. The summed E-state index contributed by atoms with van der Waals surface area (Å²) in [7, 11) is 0. The maximum absolute atomic E-state index is 11.9. The Hall–Kier alpha value is -2.25. The third kappa shape index (κ3) is 2.47. The van der Waals surface area contributed by atoms with Crippen LogP contribution < -0.4 is 4.74 Å². The summed E-state index contributed by atoms with van der Waals surface area (Å²) in [6.45, 7) is 0. The fourth-order valence-corrected chi connectivity index (χ4v) is 1.28. The molecule has 0 aliphatic rings. The molecule has 0 bridgehead atoms. The van der Waals surface area contributed by atoms with Crippen molar-refractivity contribution in [2.45, 2.75) is 6.36 Å². The summed E-state index contributed by atoms with van der Waals surface area (Å²) in [6.07, 6.45) is -4.79. The van der Waals surface area contributed by atoms with Gasteiger partial charge in [-0.25, -0.2) is 9.78 Å². The van der Waals surface area contributed by atoms with Gasteiger partial charge in [0.05, 0.1) is 11.0 Å². The Kier molecular flexibility index (Phi) is 2.41. The fourth-order valence-electron chi connectivity index (χ4n) is 1.28. The number of aromatic amines is 1. The molecule has 0 fully saturated rings. The van der Waals surface area contributed by atoms with Crippen LogP contribution in [0, 0.1) is 0 Å². The summed E-state index contributed by atoms with van der Waals surface area (Å²) in [5.74, 6) is -2.09. The molecule has 0 radical (unpaired) electrons. The number of aromatic nitrogens is 2. The largest absolute Gasteiger partial charge is 0.573 e. The monoisotopic (exact) mass is 246 g/mol. The number of benzene rings is 1. The number of hydrogen-bond donors (Lipinski definition) is 2. The van der Waals surface area contributed by atoms with Crippen LogP contribution in [0.4, 0.5) is 13.2 Å². The number of alkyl halides is 3. The Morgan fingerprint density at radius 2 is 2.12 bits per heavy atom. The Morgan fingerprint density at radius 3 is 2.71 bits per heavy atom. The number of carboxylic acids is 1. The van der Waals surface area contributed by atoms with Crippen LogP contribution in [-0.2, 0) is 0 Å². The van der Waals surface area contributed by atoms with Crippen LogP contribution in [-0.4, -0.2) is 27.4 Å². The first-order valence-electron chi connectivity index (χ1n) is 4.34. The molecule has 1 aromatic heterocycles. The lowest BCUT2D eigenvalue weighted by molar-refractivity contribution is -0.274. The van der Waals surface area contributed by atoms with Crippen LogP contribution in [0.5, 0.6) is 5.75 Å². The van der Waals surface area contributed by atoms with Crippen LogP contribution in [0.15, 0.2) is 18.2 Å². The number of nitrogens with zero attached hydrogens (tertiary/aromatic N) is 1. The minimum atomic E-state index is -4.79. The van der Waals surface area contributed by atoms with Crippen molar-refractivity contribution in [3.05, 3.63) is 24.0 Å². The first kappa shape index (κ1) is 11.2. The van der Waals surface area contributed by atoms with Gasteiger partial charge < -0.3 is 14.8 Å². The van der Waals surface area contributed by atoms with E-state index in [1.54, 1.807) is 0 Å². The smallest absolute Gasteiger partial charge is 0.475 e. The molecule has 0 spiro atoms. The van der Waals surface area contributed by atoms with Gasteiger partial charge in [0.2, 0.25) is 5.82 Å². The van der Waals surface area contributed by atoms with Crippen molar-refractivity contribution in [3.63, 3.8) is 0 Å². The predicted molar refractivity (Wildman–Crippen MR) is 49.7 cm³/mol. The molecule has 17 heavy (non-hydrogen) atoms. The van der Waals surface area contributed by atoms with E-state index in [1.807, 2.05) is 0 Å². The van der Waals surface area contributed by atoms with Gasteiger partial charge in [0, 0.05) is 6.07 Å². The van der Waals surface area contributed by atoms with Gasteiger partial charge in [-0.05, 0) is 12.1 Å². The Balaban J connectivity index is 2.40. The SMILES string of the molecule is O=C(O)c1nc2cc(OC(F)(F)F)ccc2[nH]1. The summed E-state index contributed by atoms with van der Waals surface area (Å²) < 4.78 is 39.5. The van der Waals surface area contributed by atoms with Crippen molar-refractivity contribution in [1.29, 1.82) is 0 Å². The highest BCUT2D eigenvalue weighted by atomic mass is 19.4. The van der Waals surface area contributed by atoms with E-state index in [0.29, 0.717) is 5.52 Å². The molecule has 90 valence electrons. The molecule has 0 aliphatic heterocycles. The zero-order chi connectivity index (χ0) is 12.6. The number of imidazole rings is 1. The highest BCUT2D eigenvalue weighted by molar-refractivity contribution is 5.89. The van der Waals surface area contributed by atoms with Crippen molar-refractivity contribution >= 4 is 17.0 Å². The molecule has 0 unspecified atom stereocenters. The van der Waals surface area contributed by atoms with E-state index in [0.717, 1.165) is 12.1 Å². The summed E-state index contributed by atoms with van der Waals surface area (Å²) in [5, 5.41) is 8.64. The Morgan fingerprint density at radius 1 is 1.41 bits per heavy atom. The number of fused-ring (bicyclic) bond motifs is 1. The normalized spacial score (nSPS) is 11.7. The average molecular weight is 246 g/mol. The lowest BCUT2D eigenvalue weighted by Gasteiger charge is -2.07. The highest BCUT2D eigenvalue weighted by Crippen LogP contribution is 2.25. The van der Waals surface area contributed by atoms with E-state index in [-0.39, 0.29) is 11.3 Å². The maximum Gasteiger partial charge on any atom is 0.573 e. The van der Waals surface area contributed by atoms with Crippen molar-refractivity contribution < 1.29 is 27.8 Å². The van der Waals surface area contributed by atoms with Crippen LogP contribution in [0.3, 0.4) is 0 Å². The molecule has 0 saturated carbocycles. The zero-order valence-electron chi connectivity index (χ0n) is 8.08. The minimum absolute atomic E-state index is 0.0872. The van der Waals surface area contributed by atoms with Crippen LogP contribution in [0.2, 0.25) is 0 Å². The van der Waals surface area contributed by atoms with Gasteiger partial charge in [0.25, 0.3) is 0 Å². The molecular formula is C9H5F3N2O3. The second-order valence-electron chi connectivity index (χ2n) is 3.12. The van der Waals surface area contributed by atoms with E-state index in [4.69, 9.17) is 5.11 Å². The van der Waals surface area contributed by atoms with E-state index in [2.05, 4.69) is 14.7 Å². The molecule has 2 N–H and O–H groups in total. The molecular weight excluding hydrogens is 241 g/mol. The third-order valence-electron chi connectivity index (χ3n) is 1.89. The van der Waals surface area contributed by atoms with Crippen molar-refractivity contribution in [2.24, 2.45) is 0 Å². The van der Waals surface area contributed by atoms with Crippen LogP contribution >= 0.6 is 0 Å². The fraction of sp³-hybridized carbons (Fsp3) is 0.111. The number of rotatable bonds is 2. The highest BCUT2D eigenvalue weighted by Gasteiger charge is 2.31. The average Bonchev–Trinajstić information content (AvgIpc) is 2.57. The van der Waals surface area contributed by atoms with Gasteiger partial charge in [-0.2, -0.15) is 0 Å². The number of ether oxygens (including phenoxy) is 1. The standard InChI is InChI=1S/C9H5F3N2O3/c10-9(11,12)17-4-1-2-5-6(3-4)14-7(13-5)8(15)16/h1-3H,(H,13,14)(H,15,16). The first-order chi connectivity index (χ1) is 7.85. The molecule has 0 saturated heterocycles. The maximum atomic E-state index is 11.9. The van der Waals surface area contributed by atoms with Crippen LogP contribution in [0.25, 0.3) is 11.0 Å². The Bertz CT molecular complexity index is 576. The number of halogens is 3. The van der Waals surface area contributed by atoms with Crippen molar-refractivity contribution in [1.82, 2.24) is 9.97 Å². The van der Waals surface area contributed by atoms with Gasteiger partial charge in [-0.3, -0.25) is 0 Å². The van der Waals surface area contributed by atoms with Gasteiger partial charge in [-0.1, -0.05) is 0 Å². The number of H-pyrrole nitrogens is 1. The molecule has 2 aromatic rings. The minimum Gasteiger partial charge on any atom is -0.475 e. The van der Waals surface area contributed by atoms with Gasteiger partial charge in [-0.15, -0.1) is 13.2 Å². The quantitative estimate of drug-likeness (QED) is 0.851. The van der Waals surface area contributed by atoms with Crippen molar-refractivity contribution in [3.8, 4) is 5.75 Å². The van der Waals surface area contributed by atoms with E-state index >= 15 is 0 Å². The zero-order valence-corrected chi connectivity index (χ0v) is 8.08. The third-order valence-corrected chi connectivity index (χ3v) is 1.89. The summed E-state index contributed by atoms with van der Waals surface area (Å²) in [5.41, 5.74) is 0.404. The van der Waals surface area contributed by atoms with Gasteiger partial charge in [0.1, 0.15) is 5.75 Å². The molecule has 1 aromatic carbocycles. The predicted octanol–water partition coefficient (Wildman–Crippen LogP) is 2.16. The van der Waals surface area contributed by atoms with Gasteiger partial charge in [0.15, 0.2) is 0 Å². The Labute approximate surface area is 91.8 Å². The topological polar surface area (TPSA) is 75.2 Å². The number of nitrogens with one attached hydrogen (secondary N) is 1. The van der Waals surface area contributed by atoms with Gasteiger partial charge >= 0.3 is 12.3 Å². The molecule has 0 amide bonds. The van der Waals surface area contributed by atoms with Crippen LogP contribution in [0.1, 0.15) is 10.6 Å². The number of hydrogen-bond acceptors (Lipinski definition) is 3.